The van der Waals surface area contributed by atoms with E-state index in [2.05, 4.69) is 39.1 Å². The van der Waals surface area contributed by atoms with Crippen molar-refractivity contribution in [1.29, 1.82) is 0 Å². The van der Waals surface area contributed by atoms with Gasteiger partial charge in [-0.1, -0.05) is 24.3 Å². The molecule has 3 rings (SSSR count). The van der Waals surface area contributed by atoms with Crippen molar-refractivity contribution in [3.63, 3.8) is 0 Å². The van der Waals surface area contributed by atoms with Crippen molar-refractivity contribution in [2.75, 3.05) is 12.3 Å². The van der Waals surface area contributed by atoms with Gasteiger partial charge in [0.2, 0.25) is 0 Å². The molecule has 1 aromatic heterocycles. The molecule has 0 aliphatic carbocycles. The van der Waals surface area contributed by atoms with Gasteiger partial charge in [0.25, 0.3) is 0 Å². The first kappa shape index (κ1) is 13.7. The van der Waals surface area contributed by atoms with Crippen molar-refractivity contribution in [1.82, 2.24) is 14.9 Å². The highest BCUT2D eigenvalue weighted by molar-refractivity contribution is 7.98. The molecule has 0 radical (unpaired) electrons. The van der Waals surface area contributed by atoms with Gasteiger partial charge in [0.1, 0.15) is 0 Å². The number of fused-ring (bicyclic) bond motifs is 1. The topological polar surface area (TPSA) is 29.9 Å². The Morgan fingerprint density at radius 1 is 1.30 bits per heavy atom. The van der Waals surface area contributed by atoms with Gasteiger partial charge in [0, 0.05) is 36.5 Å². The molecule has 0 spiro atoms. The van der Waals surface area contributed by atoms with Crippen LogP contribution in [0.3, 0.4) is 0 Å². The summed E-state index contributed by atoms with van der Waals surface area (Å²) in [6.07, 6.45) is 8.17. The Labute approximate surface area is 124 Å². The summed E-state index contributed by atoms with van der Waals surface area (Å²) in [5, 5.41) is 3.71. The van der Waals surface area contributed by atoms with Gasteiger partial charge in [-0.3, -0.25) is 0 Å². The Hall–Kier alpha value is -1.26. The van der Waals surface area contributed by atoms with Gasteiger partial charge in [0.05, 0.1) is 6.33 Å². The number of benzene rings is 1. The zero-order valence-corrected chi connectivity index (χ0v) is 12.5. The second kappa shape index (κ2) is 6.95. The third-order valence-electron chi connectivity index (χ3n) is 3.77. The fraction of sp³-hybridized carbons (Fsp3) is 0.438. The van der Waals surface area contributed by atoms with Crippen LogP contribution in [-0.4, -0.2) is 21.8 Å². The van der Waals surface area contributed by atoms with Gasteiger partial charge < -0.3 is 9.88 Å². The van der Waals surface area contributed by atoms with Gasteiger partial charge >= 0.3 is 0 Å². The highest BCUT2D eigenvalue weighted by Gasteiger charge is 2.18. The van der Waals surface area contributed by atoms with Crippen molar-refractivity contribution in [3.05, 3.63) is 54.1 Å². The van der Waals surface area contributed by atoms with E-state index in [1.54, 1.807) is 0 Å². The van der Waals surface area contributed by atoms with Gasteiger partial charge in [-0.05, 0) is 30.5 Å². The highest BCUT2D eigenvalue weighted by Crippen LogP contribution is 2.31. The Morgan fingerprint density at radius 2 is 2.25 bits per heavy atom. The maximum atomic E-state index is 4.06. The van der Waals surface area contributed by atoms with Gasteiger partial charge in [-0.2, -0.15) is 11.8 Å². The molecule has 1 unspecified atom stereocenters. The van der Waals surface area contributed by atoms with Crippen LogP contribution >= 0.6 is 11.8 Å². The molecule has 20 heavy (non-hydrogen) atoms. The predicted octanol–water partition coefficient (Wildman–Crippen LogP) is 3.24. The van der Waals surface area contributed by atoms with E-state index in [1.165, 1.54) is 29.7 Å². The number of aromatic nitrogens is 2. The third-order valence-corrected chi connectivity index (χ3v) is 4.85. The third kappa shape index (κ3) is 3.44. The van der Waals surface area contributed by atoms with Gasteiger partial charge in [0.15, 0.2) is 0 Å². The summed E-state index contributed by atoms with van der Waals surface area (Å²) in [6.45, 7) is 2.16. The summed E-state index contributed by atoms with van der Waals surface area (Å²) in [7, 11) is 0. The fourth-order valence-electron chi connectivity index (χ4n) is 2.67. The molecule has 4 heteroatoms. The summed E-state index contributed by atoms with van der Waals surface area (Å²) in [6, 6.07) is 9.36. The van der Waals surface area contributed by atoms with Crippen LogP contribution in [0.2, 0.25) is 0 Å². The number of hydrogen-bond acceptors (Lipinski definition) is 3. The number of hydrogen-bond donors (Lipinski definition) is 1. The minimum absolute atomic E-state index is 0.526. The monoisotopic (exact) mass is 287 g/mol. The lowest BCUT2D eigenvalue weighted by molar-refractivity contribution is 0.524. The van der Waals surface area contributed by atoms with Crippen LogP contribution in [0.4, 0.5) is 0 Å². The van der Waals surface area contributed by atoms with Gasteiger partial charge in [-0.25, -0.2) is 4.98 Å². The van der Waals surface area contributed by atoms with Crippen LogP contribution in [-0.2, 0) is 12.3 Å². The van der Waals surface area contributed by atoms with Crippen molar-refractivity contribution in [3.8, 4) is 0 Å². The molecular formula is C16H21N3S. The van der Waals surface area contributed by atoms with Crippen LogP contribution in [0.25, 0.3) is 0 Å². The second-order valence-electron chi connectivity index (χ2n) is 5.23. The molecule has 1 aliphatic rings. The fourth-order valence-corrected chi connectivity index (χ4v) is 3.80. The van der Waals surface area contributed by atoms with Crippen LogP contribution in [0.15, 0.2) is 43.0 Å². The van der Waals surface area contributed by atoms with Crippen LogP contribution in [0.1, 0.15) is 30.0 Å². The number of nitrogens with zero attached hydrogens (tertiary/aromatic N) is 2. The molecule has 0 saturated carbocycles. The zero-order valence-electron chi connectivity index (χ0n) is 11.7. The quantitative estimate of drug-likeness (QED) is 0.827. The first-order chi connectivity index (χ1) is 9.93. The number of aryl methyl sites for hydroxylation is 1. The number of imidazole rings is 1. The van der Waals surface area contributed by atoms with Crippen LogP contribution in [0, 0.1) is 0 Å². The smallest absolute Gasteiger partial charge is 0.0945 e. The number of thioether (sulfide) groups is 1. The summed E-state index contributed by atoms with van der Waals surface area (Å²) in [5.74, 6) is 2.35. The molecule has 1 aliphatic heterocycles. The predicted molar refractivity (Wildman–Crippen MR) is 84.8 cm³/mol. The molecule has 1 aromatic carbocycles. The normalized spacial score (nSPS) is 17.9. The van der Waals surface area contributed by atoms with Crippen molar-refractivity contribution >= 4 is 11.8 Å². The van der Waals surface area contributed by atoms with E-state index in [0.29, 0.717) is 6.04 Å². The van der Waals surface area contributed by atoms with E-state index in [-0.39, 0.29) is 0 Å². The standard InChI is InChI=1S/C16H21N3S/c1-2-6-15-14(5-1)11-20-12-16(15)18-7-3-4-9-19-10-8-17-13-19/h1-2,5-6,8,10,13,16,18H,3-4,7,9,11-12H2. The second-order valence-corrected chi connectivity index (χ2v) is 6.26. The molecule has 2 heterocycles. The zero-order chi connectivity index (χ0) is 13.6. The minimum Gasteiger partial charge on any atom is -0.337 e. The van der Waals surface area contributed by atoms with E-state index in [4.69, 9.17) is 0 Å². The number of unbranched alkanes of at least 4 members (excludes halogenated alkanes) is 1. The van der Waals surface area contributed by atoms with Crippen LogP contribution in [0.5, 0.6) is 0 Å². The Kier molecular flexibility index (Phi) is 4.77. The minimum atomic E-state index is 0.526. The summed E-state index contributed by atoms with van der Waals surface area (Å²) in [4.78, 5) is 4.06. The molecule has 0 fully saturated rings. The lowest BCUT2D eigenvalue weighted by Gasteiger charge is -2.26. The summed E-state index contributed by atoms with van der Waals surface area (Å²) in [5.41, 5.74) is 3.00. The summed E-state index contributed by atoms with van der Waals surface area (Å²) < 4.78 is 2.14. The maximum absolute atomic E-state index is 4.06. The molecule has 0 saturated heterocycles. The molecule has 2 aromatic rings. The SMILES string of the molecule is c1ccc2c(c1)CSCC2NCCCCn1ccnc1. The van der Waals surface area contributed by atoms with Crippen molar-refractivity contribution in [2.45, 2.75) is 31.2 Å². The lowest BCUT2D eigenvalue weighted by Crippen LogP contribution is -2.27. The molecule has 1 atom stereocenters. The first-order valence-electron chi connectivity index (χ1n) is 7.28. The maximum Gasteiger partial charge on any atom is 0.0945 e. The molecule has 106 valence electrons. The van der Waals surface area contributed by atoms with E-state index < -0.39 is 0 Å². The average Bonchev–Trinajstić information content (AvgIpc) is 3.00. The molecule has 1 N–H and O–H groups in total. The molecule has 0 bridgehead atoms. The highest BCUT2D eigenvalue weighted by atomic mass is 32.2. The number of nitrogens with one attached hydrogen (secondary N) is 1. The van der Waals surface area contributed by atoms with E-state index in [1.807, 2.05) is 30.5 Å². The van der Waals surface area contributed by atoms with E-state index >= 15 is 0 Å². The van der Waals surface area contributed by atoms with E-state index in [9.17, 15) is 0 Å². The van der Waals surface area contributed by atoms with Crippen LogP contribution < -0.4 is 5.32 Å². The number of rotatable bonds is 6. The largest absolute Gasteiger partial charge is 0.337 e. The average molecular weight is 287 g/mol. The molecule has 3 nitrogen and oxygen atoms in total. The van der Waals surface area contributed by atoms with E-state index in [0.717, 1.165) is 18.8 Å². The first-order valence-corrected chi connectivity index (χ1v) is 8.43. The summed E-state index contributed by atoms with van der Waals surface area (Å²) >= 11 is 2.03. The Balaban J connectivity index is 1.43. The lowest BCUT2D eigenvalue weighted by atomic mass is 10.0. The van der Waals surface area contributed by atoms with Crippen molar-refractivity contribution in [2.24, 2.45) is 0 Å². The Bertz CT molecular complexity index is 524. The Morgan fingerprint density at radius 3 is 3.15 bits per heavy atom. The molecular weight excluding hydrogens is 266 g/mol. The molecule has 0 amide bonds. The van der Waals surface area contributed by atoms with Crippen molar-refractivity contribution < 1.29 is 0 Å². The van der Waals surface area contributed by atoms with Gasteiger partial charge in [-0.15, -0.1) is 0 Å².